The molecule has 16 heteroatoms. The van der Waals surface area contributed by atoms with Gasteiger partial charge in [-0.25, -0.2) is 0 Å². The van der Waals surface area contributed by atoms with Gasteiger partial charge in [-0.1, -0.05) is 67.6 Å². The summed E-state index contributed by atoms with van der Waals surface area (Å²) in [6.45, 7) is 1.82. The largest absolute Gasteiger partial charge is 0.368 e. The van der Waals surface area contributed by atoms with Crippen LogP contribution in [0.5, 0.6) is 0 Å². The summed E-state index contributed by atoms with van der Waals surface area (Å²) in [6.07, 6.45) is 1.70. The van der Waals surface area contributed by atoms with E-state index in [1.54, 1.807) is 12.3 Å². The summed E-state index contributed by atoms with van der Waals surface area (Å²) in [7, 11) is -4.46. The summed E-state index contributed by atoms with van der Waals surface area (Å²) < 4.78 is 12.6. The summed E-state index contributed by atoms with van der Waals surface area (Å²) >= 11 is 2.18. The van der Waals surface area contributed by atoms with Crippen molar-refractivity contribution < 1.29 is 38.3 Å². The SMILES string of the molecule is CCC(=O)NC(C(=O)N[C@@H](CSCP(=O)(O)O)C(=O)N1CCCC[C@H]1C(=O)N[C@@H](Cc1ccc2ccccc2c1)C(N)=O)c1csc2ccccc12. The predicted octanol–water partition coefficient (Wildman–Crippen LogP) is 3.57. The number of nitrogens with two attached hydrogens (primary N) is 1. The molecule has 1 aliphatic rings. The van der Waals surface area contributed by atoms with E-state index in [-0.39, 0.29) is 31.6 Å². The minimum Gasteiger partial charge on any atom is -0.368 e. The lowest BCUT2D eigenvalue weighted by Crippen LogP contribution is -2.60. The molecule has 3 aromatic carbocycles. The molecule has 52 heavy (non-hydrogen) atoms. The zero-order chi connectivity index (χ0) is 37.4. The van der Waals surface area contributed by atoms with Gasteiger partial charge in [0.1, 0.15) is 24.2 Å². The maximum atomic E-state index is 14.3. The molecule has 276 valence electrons. The summed E-state index contributed by atoms with van der Waals surface area (Å²) in [5, 5.41) is 12.7. The number of nitrogens with one attached hydrogen (secondary N) is 3. The van der Waals surface area contributed by atoms with Crippen molar-refractivity contribution in [2.24, 2.45) is 5.73 Å². The third-order valence-corrected chi connectivity index (χ3v) is 12.5. The number of nitrogens with zero attached hydrogens (tertiary/aromatic N) is 1. The molecule has 2 heterocycles. The lowest BCUT2D eigenvalue weighted by molar-refractivity contribution is -0.145. The first-order valence-electron chi connectivity index (χ1n) is 16.9. The predicted molar refractivity (Wildman–Crippen MR) is 202 cm³/mol. The van der Waals surface area contributed by atoms with Crippen LogP contribution in [0.1, 0.15) is 49.8 Å². The van der Waals surface area contributed by atoms with Crippen LogP contribution in [0.25, 0.3) is 20.9 Å². The first-order valence-corrected chi connectivity index (χ1v) is 20.7. The van der Waals surface area contributed by atoms with E-state index in [0.717, 1.165) is 38.2 Å². The minimum absolute atomic E-state index is 0.101. The van der Waals surface area contributed by atoms with Crippen molar-refractivity contribution in [2.75, 3.05) is 17.8 Å². The van der Waals surface area contributed by atoms with Gasteiger partial charge in [0.05, 0.1) is 5.49 Å². The molecule has 1 unspecified atom stereocenters. The monoisotopic (exact) mass is 767 g/mol. The van der Waals surface area contributed by atoms with Gasteiger partial charge in [0.15, 0.2) is 0 Å². The molecule has 7 N–H and O–H groups in total. The standard InChI is InChI=1S/C36H42N5O8PS2/c1-2-31(42)40-32(26-19-52-30-13-6-5-11-25(26)30)35(45)39-28(20-51-21-50(47,48)49)36(46)41-16-8-7-12-29(41)34(44)38-27(33(37)43)18-22-14-15-23-9-3-4-10-24(23)17-22/h3-6,9-11,13-15,17,19,27-29,32H,2,7-8,12,16,18,20-21H2,1H3,(H2,37,43)(H,38,44)(H,39,45)(H,40,42)(H2,47,48,49)/t27-,28-,29-,32?/m0/s1. The number of thioether (sulfide) groups is 1. The number of hydrogen-bond acceptors (Lipinski definition) is 8. The van der Waals surface area contributed by atoms with E-state index in [4.69, 9.17) is 5.73 Å². The lowest BCUT2D eigenvalue weighted by atomic mass is 9.98. The number of benzene rings is 3. The van der Waals surface area contributed by atoms with Gasteiger partial charge >= 0.3 is 7.60 Å². The highest BCUT2D eigenvalue weighted by atomic mass is 32.2. The zero-order valence-corrected chi connectivity index (χ0v) is 31.1. The van der Waals surface area contributed by atoms with Crippen LogP contribution in [-0.4, -0.2) is 80.1 Å². The Kier molecular flexibility index (Phi) is 13.1. The average Bonchev–Trinajstić information content (AvgIpc) is 3.56. The molecule has 0 spiro atoms. The normalized spacial score (nSPS) is 16.5. The molecule has 0 radical (unpaired) electrons. The second kappa shape index (κ2) is 17.5. The third kappa shape index (κ3) is 9.98. The molecular weight excluding hydrogens is 726 g/mol. The third-order valence-electron chi connectivity index (χ3n) is 8.87. The van der Waals surface area contributed by atoms with E-state index in [1.165, 1.54) is 16.2 Å². The van der Waals surface area contributed by atoms with Gasteiger partial charge in [-0.2, -0.15) is 0 Å². The highest BCUT2D eigenvalue weighted by molar-refractivity contribution is 8.04. The highest BCUT2D eigenvalue weighted by Gasteiger charge is 2.38. The molecule has 1 saturated heterocycles. The Labute approximate surface area is 309 Å². The van der Waals surface area contributed by atoms with Crippen LogP contribution in [0.15, 0.2) is 72.1 Å². The average molecular weight is 768 g/mol. The molecule has 0 bridgehead atoms. The van der Waals surface area contributed by atoms with Crippen molar-refractivity contribution in [2.45, 2.75) is 63.2 Å². The highest BCUT2D eigenvalue weighted by Crippen LogP contribution is 2.39. The number of thiophene rings is 1. The van der Waals surface area contributed by atoms with Crippen LogP contribution in [-0.2, 0) is 35.0 Å². The fraction of sp³-hybridized carbons (Fsp3) is 0.361. The molecule has 0 saturated carbocycles. The van der Waals surface area contributed by atoms with Crippen LogP contribution < -0.4 is 21.7 Å². The molecule has 5 rings (SSSR count). The summed E-state index contributed by atoms with van der Waals surface area (Å²) in [6, 6.07) is 16.3. The zero-order valence-electron chi connectivity index (χ0n) is 28.5. The van der Waals surface area contributed by atoms with Crippen LogP contribution in [0.4, 0.5) is 0 Å². The molecule has 5 amide bonds. The quantitative estimate of drug-likeness (QED) is 0.0977. The van der Waals surface area contributed by atoms with Crippen molar-refractivity contribution in [3.8, 4) is 0 Å². The number of primary amides is 1. The first kappa shape index (κ1) is 38.9. The number of likely N-dealkylation sites (tertiary alicyclic amines) is 1. The van der Waals surface area contributed by atoms with Crippen LogP contribution in [0, 0.1) is 0 Å². The van der Waals surface area contributed by atoms with Crippen LogP contribution in [0.2, 0.25) is 0 Å². The number of carbonyl (C=O) groups is 5. The van der Waals surface area contributed by atoms with Crippen molar-refractivity contribution in [1.29, 1.82) is 0 Å². The fourth-order valence-corrected chi connectivity index (χ4v) is 9.07. The number of hydrogen-bond donors (Lipinski definition) is 6. The van der Waals surface area contributed by atoms with Crippen molar-refractivity contribution in [3.63, 3.8) is 0 Å². The lowest BCUT2D eigenvalue weighted by Gasteiger charge is -2.37. The van der Waals surface area contributed by atoms with E-state index in [9.17, 15) is 38.3 Å². The van der Waals surface area contributed by atoms with E-state index >= 15 is 0 Å². The van der Waals surface area contributed by atoms with Crippen LogP contribution >= 0.6 is 30.7 Å². The van der Waals surface area contributed by atoms with Crippen LogP contribution in [0.3, 0.4) is 0 Å². The van der Waals surface area contributed by atoms with Gasteiger partial charge < -0.3 is 36.4 Å². The molecule has 13 nitrogen and oxygen atoms in total. The van der Waals surface area contributed by atoms with Crippen molar-refractivity contribution >= 4 is 81.1 Å². The van der Waals surface area contributed by atoms with Crippen molar-refractivity contribution in [1.82, 2.24) is 20.9 Å². The van der Waals surface area contributed by atoms with Gasteiger partial charge in [-0.3, -0.25) is 28.5 Å². The molecule has 1 aliphatic heterocycles. The maximum absolute atomic E-state index is 14.3. The number of rotatable bonds is 15. The van der Waals surface area contributed by atoms with Gasteiger partial charge in [0.25, 0.3) is 0 Å². The molecule has 1 fully saturated rings. The minimum atomic E-state index is -4.46. The Morgan fingerprint density at radius 3 is 2.42 bits per heavy atom. The van der Waals surface area contributed by atoms with E-state index < -0.39 is 66.8 Å². The first-order chi connectivity index (χ1) is 24.8. The fourth-order valence-electron chi connectivity index (χ4n) is 6.25. The second-order valence-electron chi connectivity index (χ2n) is 12.7. The molecule has 4 atom stereocenters. The molecule has 0 aliphatic carbocycles. The van der Waals surface area contributed by atoms with Crippen molar-refractivity contribution in [3.05, 3.63) is 83.2 Å². The Balaban J connectivity index is 1.37. The summed E-state index contributed by atoms with van der Waals surface area (Å²) in [5.74, 6) is -3.26. The topological polar surface area (TPSA) is 208 Å². The van der Waals surface area contributed by atoms with E-state index in [1.807, 2.05) is 66.7 Å². The Hall–Kier alpha value is -4.27. The Morgan fingerprint density at radius 2 is 1.69 bits per heavy atom. The van der Waals surface area contributed by atoms with E-state index in [0.29, 0.717) is 18.4 Å². The molecule has 4 aromatic rings. The Bertz CT molecular complexity index is 2000. The van der Waals surface area contributed by atoms with Gasteiger partial charge in [-0.15, -0.1) is 23.1 Å². The van der Waals surface area contributed by atoms with Gasteiger partial charge in [0.2, 0.25) is 29.5 Å². The number of amides is 5. The van der Waals surface area contributed by atoms with Gasteiger partial charge in [0, 0.05) is 35.4 Å². The second-order valence-corrected chi connectivity index (χ2v) is 16.7. The summed E-state index contributed by atoms with van der Waals surface area (Å²) in [4.78, 5) is 87.6. The Morgan fingerprint density at radius 1 is 0.962 bits per heavy atom. The number of fused-ring (bicyclic) bond motifs is 2. The van der Waals surface area contributed by atoms with E-state index in [2.05, 4.69) is 16.0 Å². The van der Waals surface area contributed by atoms with Gasteiger partial charge in [-0.05, 0) is 52.4 Å². The molecular formula is C36H42N5O8PS2. The maximum Gasteiger partial charge on any atom is 0.335 e. The summed E-state index contributed by atoms with van der Waals surface area (Å²) in [5.41, 5.74) is 6.45. The number of piperidine rings is 1. The number of carbonyl (C=O) groups excluding carboxylic acids is 5. The molecule has 1 aromatic heterocycles. The smallest absolute Gasteiger partial charge is 0.335 e.